The molecular formula is C14H19N5O. The largest absolute Gasteiger partial charge is 0.373 e. The highest BCUT2D eigenvalue weighted by Gasteiger charge is 2.23. The van der Waals surface area contributed by atoms with Crippen LogP contribution in [0, 0.1) is 0 Å². The number of nitrogens with zero attached hydrogens (tertiary/aromatic N) is 3. The third-order valence-corrected chi connectivity index (χ3v) is 3.46. The van der Waals surface area contributed by atoms with Crippen molar-refractivity contribution in [2.45, 2.75) is 12.6 Å². The van der Waals surface area contributed by atoms with Crippen molar-refractivity contribution in [2.75, 3.05) is 32.1 Å². The summed E-state index contributed by atoms with van der Waals surface area (Å²) in [5, 5.41) is 10.0. The number of anilines is 1. The van der Waals surface area contributed by atoms with E-state index in [9.17, 15) is 0 Å². The highest BCUT2D eigenvalue weighted by Crippen LogP contribution is 2.22. The third-order valence-electron chi connectivity index (χ3n) is 3.46. The van der Waals surface area contributed by atoms with E-state index in [-0.39, 0.29) is 6.10 Å². The monoisotopic (exact) mass is 273 g/mol. The van der Waals surface area contributed by atoms with Crippen molar-refractivity contribution in [3.63, 3.8) is 0 Å². The predicted octanol–water partition coefficient (Wildman–Crippen LogP) is 1.42. The topological polar surface area (TPSA) is 66.1 Å². The van der Waals surface area contributed by atoms with Crippen molar-refractivity contribution < 1.29 is 4.74 Å². The summed E-state index contributed by atoms with van der Waals surface area (Å²) in [6.45, 7) is 3.37. The summed E-state index contributed by atoms with van der Waals surface area (Å²) >= 11 is 0. The second-order valence-electron chi connectivity index (χ2n) is 4.87. The molecule has 1 atom stereocenters. The SMILES string of the molecule is CNc1cccc([C@@H]2CN(Cc3ccn[nH]3)CCO2)n1. The average molecular weight is 273 g/mol. The van der Waals surface area contributed by atoms with E-state index in [0.717, 1.165) is 43.4 Å². The Hall–Kier alpha value is -1.92. The fraction of sp³-hybridized carbons (Fsp3) is 0.429. The number of pyridine rings is 1. The molecule has 0 unspecified atom stereocenters. The first-order valence-corrected chi connectivity index (χ1v) is 6.82. The van der Waals surface area contributed by atoms with Crippen LogP contribution in [-0.2, 0) is 11.3 Å². The predicted molar refractivity (Wildman–Crippen MR) is 76.3 cm³/mol. The normalized spacial score (nSPS) is 19.9. The molecule has 20 heavy (non-hydrogen) atoms. The molecule has 0 aliphatic carbocycles. The van der Waals surface area contributed by atoms with E-state index in [4.69, 9.17) is 4.74 Å². The van der Waals surface area contributed by atoms with Gasteiger partial charge in [-0.25, -0.2) is 4.98 Å². The Bertz CT molecular complexity index is 542. The Morgan fingerprint density at radius 2 is 2.40 bits per heavy atom. The minimum Gasteiger partial charge on any atom is -0.373 e. The van der Waals surface area contributed by atoms with Gasteiger partial charge in [0.2, 0.25) is 0 Å². The van der Waals surface area contributed by atoms with Crippen LogP contribution >= 0.6 is 0 Å². The minimum absolute atomic E-state index is 0.0278. The molecular weight excluding hydrogens is 254 g/mol. The van der Waals surface area contributed by atoms with Crippen LogP contribution in [-0.4, -0.2) is 46.8 Å². The Labute approximate surface area is 118 Å². The molecule has 1 aliphatic rings. The van der Waals surface area contributed by atoms with Crippen molar-refractivity contribution in [3.05, 3.63) is 41.9 Å². The van der Waals surface area contributed by atoms with Gasteiger partial charge in [0.1, 0.15) is 11.9 Å². The lowest BCUT2D eigenvalue weighted by Gasteiger charge is -2.32. The molecule has 1 saturated heterocycles. The molecule has 6 heteroatoms. The van der Waals surface area contributed by atoms with E-state index in [1.807, 2.05) is 31.3 Å². The molecule has 0 aromatic carbocycles. The molecule has 2 aromatic heterocycles. The Balaban J connectivity index is 1.68. The molecule has 2 N–H and O–H groups in total. The quantitative estimate of drug-likeness (QED) is 0.882. The first-order chi connectivity index (χ1) is 9.85. The molecule has 0 bridgehead atoms. The highest BCUT2D eigenvalue weighted by molar-refractivity contribution is 5.34. The van der Waals surface area contributed by atoms with Crippen molar-refractivity contribution in [1.29, 1.82) is 0 Å². The molecule has 0 radical (unpaired) electrons. The van der Waals surface area contributed by atoms with E-state index < -0.39 is 0 Å². The summed E-state index contributed by atoms with van der Waals surface area (Å²) in [5.41, 5.74) is 2.11. The molecule has 2 aromatic rings. The Morgan fingerprint density at radius 1 is 1.45 bits per heavy atom. The number of hydrogen-bond acceptors (Lipinski definition) is 5. The number of morpholine rings is 1. The molecule has 1 aliphatic heterocycles. The lowest BCUT2D eigenvalue weighted by Crippen LogP contribution is -2.38. The standard InChI is InChI=1S/C14H19N5O/c1-15-14-4-2-3-12(17-14)13-10-19(7-8-20-13)9-11-5-6-16-18-11/h2-6,13H,7-10H2,1H3,(H,15,17)(H,16,18)/t13-/m0/s1. The summed E-state index contributed by atoms with van der Waals surface area (Å²) in [4.78, 5) is 6.92. The maximum atomic E-state index is 5.86. The van der Waals surface area contributed by atoms with Gasteiger partial charge >= 0.3 is 0 Å². The lowest BCUT2D eigenvalue weighted by atomic mass is 10.2. The number of aromatic amines is 1. The summed E-state index contributed by atoms with van der Waals surface area (Å²) in [7, 11) is 1.87. The highest BCUT2D eigenvalue weighted by atomic mass is 16.5. The van der Waals surface area contributed by atoms with E-state index >= 15 is 0 Å². The number of hydrogen-bond donors (Lipinski definition) is 2. The van der Waals surface area contributed by atoms with Crippen LogP contribution in [0.5, 0.6) is 0 Å². The van der Waals surface area contributed by atoms with Crippen LogP contribution in [0.1, 0.15) is 17.5 Å². The van der Waals surface area contributed by atoms with Gasteiger partial charge in [0.15, 0.2) is 0 Å². The molecule has 6 nitrogen and oxygen atoms in total. The van der Waals surface area contributed by atoms with Crippen LogP contribution in [0.25, 0.3) is 0 Å². The Morgan fingerprint density at radius 3 is 3.20 bits per heavy atom. The second kappa shape index (κ2) is 6.02. The zero-order chi connectivity index (χ0) is 13.8. The fourth-order valence-electron chi connectivity index (χ4n) is 2.41. The van der Waals surface area contributed by atoms with Gasteiger partial charge in [-0.2, -0.15) is 5.10 Å². The summed E-state index contributed by atoms with van der Waals surface area (Å²) in [6, 6.07) is 7.98. The van der Waals surface area contributed by atoms with Crippen LogP contribution in [0.15, 0.2) is 30.5 Å². The first kappa shape index (κ1) is 13.1. The minimum atomic E-state index is 0.0278. The van der Waals surface area contributed by atoms with Gasteiger partial charge in [0.25, 0.3) is 0 Å². The van der Waals surface area contributed by atoms with Crippen molar-refractivity contribution in [1.82, 2.24) is 20.1 Å². The third kappa shape index (κ3) is 2.97. The number of H-pyrrole nitrogens is 1. The molecule has 106 valence electrons. The smallest absolute Gasteiger partial charge is 0.126 e. The van der Waals surface area contributed by atoms with Gasteiger partial charge in [0.05, 0.1) is 12.3 Å². The molecule has 3 heterocycles. The van der Waals surface area contributed by atoms with Crippen molar-refractivity contribution in [2.24, 2.45) is 0 Å². The molecule has 0 spiro atoms. The molecule has 0 amide bonds. The molecule has 3 rings (SSSR count). The number of nitrogens with one attached hydrogen (secondary N) is 2. The molecule has 1 fully saturated rings. The van der Waals surface area contributed by atoms with E-state index in [1.54, 1.807) is 6.20 Å². The fourth-order valence-corrected chi connectivity index (χ4v) is 2.41. The molecule has 0 saturated carbocycles. The Kier molecular flexibility index (Phi) is 3.94. The summed E-state index contributed by atoms with van der Waals surface area (Å²) < 4.78 is 5.86. The zero-order valence-corrected chi connectivity index (χ0v) is 11.5. The lowest BCUT2D eigenvalue weighted by molar-refractivity contribution is -0.0352. The van der Waals surface area contributed by atoms with Gasteiger partial charge in [0, 0.05) is 38.6 Å². The first-order valence-electron chi connectivity index (χ1n) is 6.82. The van der Waals surface area contributed by atoms with Gasteiger partial charge in [-0.05, 0) is 18.2 Å². The van der Waals surface area contributed by atoms with E-state index in [2.05, 4.69) is 25.4 Å². The maximum absolute atomic E-state index is 5.86. The number of aromatic nitrogens is 3. The van der Waals surface area contributed by atoms with E-state index in [1.165, 1.54) is 0 Å². The van der Waals surface area contributed by atoms with Crippen LogP contribution in [0.3, 0.4) is 0 Å². The van der Waals surface area contributed by atoms with Crippen LogP contribution < -0.4 is 5.32 Å². The van der Waals surface area contributed by atoms with Gasteiger partial charge < -0.3 is 10.1 Å². The van der Waals surface area contributed by atoms with E-state index in [0.29, 0.717) is 0 Å². The number of rotatable bonds is 4. The second-order valence-corrected chi connectivity index (χ2v) is 4.87. The summed E-state index contributed by atoms with van der Waals surface area (Å²) in [5.74, 6) is 0.872. The van der Waals surface area contributed by atoms with Gasteiger partial charge in [-0.3, -0.25) is 10.00 Å². The van der Waals surface area contributed by atoms with Crippen molar-refractivity contribution >= 4 is 5.82 Å². The van der Waals surface area contributed by atoms with Gasteiger partial charge in [-0.15, -0.1) is 0 Å². The van der Waals surface area contributed by atoms with Gasteiger partial charge in [-0.1, -0.05) is 6.07 Å². The zero-order valence-electron chi connectivity index (χ0n) is 11.5. The average Bonchev–Trinajstić information content (AvgIpc) is 3.00. The van der Waals surface area contributed by atoms with Crippen LogP contribution in [0.2, 0.25) is 0 Å². The number of ether oxygens (including phenoxy) is 1. The maximum Gasteiger partial charge on any atom is 0.126 e. The summed E-state index contributed by atoms with van der Waals surface area (Å²) in [6.07, 6.45) is 1.81. The van der Waals surface area contributed by atoms with Crippen molar-refractivity contribution in [3.8, 4) is 0 Å². The van der Waals surface area contributed by atoms with Crippen LogP contribution in [0.4, 0.5) is 5.82 Å².